The summed E-state index contributed by atoms with van der Waals surface area (Å²) in [5.41, 5.74) is 1.36. The van der Waals surface area contributed by atoms with E-state index in [4.69, 9.17) is 9.15 Å². The van der Waals surface area contributed by atoms with Crippen molar-refractivity contribution in [2.24, 2.45) is 9.98 Å². The fraction of sp³-hybridized carbons (Fsp3) is 0.348. The summed E-state index contributed by atoms with van der Waals surface area (Å²) in [5.74, 6) is 1.87. The number of hydrogen-bond acceptors (Lipinski definition) is 7. The van der Waals surface area contributed by atoms with Crippen LogP contribution in [0.15, 0.2) is 50.7 Å². The van der Waals surface area contributed by atoms with Gasteiger partial charge in [-0.05, 0) is 39.7 Å². The molecule has 0 atom stereocenters. The largest absolute Gasteiger partial charge is 0.471 e. The van der Waals surface area contributed by atoms with E-state index in [1.54, 1.807) is 18.3 Å². The number of hydrogen-bond donors (Lipinski definition) is 2. The van der Waals surface area contributed by atoms with Crippen LogP contribution >= 0.6 is 0 Å². The van der Waals surface area contributed by atoms with Crippen LogP contribution in [0.2, 0.25) is 0 Å². The number of H-pyrrole nitrogens is 1. The molecule has 0 bridgehead atoms. The van der Waals surface area contributed by atoms with E-state index in [1.807, 2.05) is 19.9 Å². The molecular weight excluding hydrogens is 425 g/mol. The number of aryl methyl sites for hydroxylation is 2. The van der Waals surface area contributed by atoms with Gasteiger partial charge < -0.3 is 23.9 Å². The lowest BCUT2D eigenvalue weighted by molar-refractivity contribution is 0.214. The van der Waals surface area contributed by atoms with Gasteiger partial charge in [-0.1, -0.05) is 0 Å². The van der Waals surface area contributed by atoms with Crippen molar-refractivity contribution in [3.63, 3.8) is 0 Å². The minimum atomic E-state index is -0.359. The van der Waals surface area contributed by atoms with Crippen molar-refractivity contribution in [3.05, 3.63) is 53.6 Å². The van der Waals surface area contributed by atoms with Crippen molar-refractivity contribution < 1.29 is 13.5 Å². The van der Waals surface area contributed by atoms with Crippen LogP contribution in [0.1, 0.15) is 11.5 Å². The summed E-state index contributed by atoms with van der Waals surface area (Å²) >= 11 is 0. The van der Waals surface area contributed by atoms with E-state index in [9.17, 15) is 4.39 Å². The highest BCUT2D eigenvalue weighted by atomic mass is 19.1. The molecule has 0 aliphatic carbocycles. The molecule has 1 aliphatic rings. The van der Waals surface area contributed by atoms with Gasteiger partial charge in [0.05, 0.1) is 11.7 Å². The molecule has 1 aromatic carbocycles. The second kappa shape index (κ2) is 9.86. The number of benzene rings is 1. The number of ether oxygens (including phenoxy) is 1. The lowest BCUT2D eigenvalue weighted by Crippen LogP contribution is -2.47. The molecule has 3 aromatic rings. The number of aromatic amines is 1. The Morgan fingerprint density at radius 1 is 1.30 bits per heavy atom. The van der Waals surface area contributed by atoms with Crippen molar-refractivity contribution in [1.82, 2.24) is 19.8 Å². The summed E-state index contributed by atoms with van der Waals surface area (Å²) in [7, 11) is 2.09. The molecular formula is C23H28FN7O2. The predicted molar refractivity (Wildman–Crippen MR) is 127 cm³/mol. The van der Waals surface area contributed by atoms with Crippen molar-refractivity contribution in [3.8, 4) is 5.75 Å². The van der Waals surface area contributed by atoms with E-state index in [1.165, 1.54) is 6.07 Å². The lowest BCUT2D eigenvalue weighted by Gasteiger charge is -2.33. The Morgan fingerprint density at radius 2 is 2.09 bits per heavy atom. The van der Waals surface area contributed by atoms with E-state index in [-0.39, 0.29) is 12.5 Å². The number of likely N-dealkylation sites (N-methyl/N-ethyl adjacent to an activating group) is 1. The molecule has 10 heteroatoms. The minimum Gasteiger partial charge on any atom is -0.471 e. The number of aromatic nitrogens is 2. The molecule has 2 aromatic heterocycles. The van der Waals surface area contributed by atoms with E-state index >= 15 is 0 Å². The molecule has 33 heavy (non-hydrogen) atoms. The first-order chi connectivity index (χ1) is 15.9. The van der Waals surface area contributed by atoms with Gasteiger partial charge in [-0.25, -0.2) is 19.4 Å². The molecule has 0 unspecified atom stereocenters. The average Bonchev–Trinajstić information content (AvgIpc) is 3.37. The maximum absolute atomic E-state index is 14.4. The second-order valence-corrected chi connectivity index (χ2v) is 7.99. The van der Waals surface area contributed by atoms with Gasteiger partial charge in [-0.2, -0.15) is 0 Å². The molecule has 174 valence electrons. The summed E-state index contributed by atoms with van der Waals surface area (Å²) in [6, 6.07) is 5.37. The van der Waals surface area contributed by atoms with E-state index in [0.29, 0.717) is 34.7 Å². The number of aliphatic imine (C=N–C) groups is 2. The number of amidine groups is 1. The van der Waals surface area contributed by atoms with Crippen LogP contribution in [0.5, 0.6) is 5.75 Å². The third-order valence-corrected chi connectivity index (χ3v) is 5.37. The van der Waals surface area contributed by atoms with Gasteiger partial charge in [0.2, 0.25) is 0 Å². The standard InChI is InChI=1S/C23H28FN7O2/c1-15-9-17-10-18(11-19(24)22(17)28-15)32-14-27-21(31-7-5-30(4)6-8-31)12-20(25-3)29-23-26-13-16(2)33-23/h9-13,28H,3,5-8,14H2,1-2,4H3,(H,26,29)/b20-12+,27-21+. The molecule has 2 N–H and O–H groups in total. The minimum absolute atomic E-state index is 0.0229. The van der Waals surface area contributed by atoms with Crippen molar-refractivity contribution in [1.29, 1.82) is 0 Å². The first-order valence-electron chi connectivity index (χ1n) is 10.7. The van der Waals surface area contributed by atoms with Gasteiger partial charge >= 0.3 is 0 Å². The third kappa shape index (κ3) is 5.58. The molecule has 0 amide bonds. The number of halogens is 1. The molecule has 1 fully saturated rings. The number of rotatable bonds is 7. The number of oxazole rings is 1. The van der Waals surface area contributed by atoms with Crippen LogP contribution in [-0.4, -0.2) is 72.3 Å². The summed E-state index contributed by atoms with van der Waals surface area (Å²) in [6.07, 6.45) is 3.40. The Kier molecular flexibility index (Phi) is 6.74. The second-order valence-electron chi connectivity index (χ2n) is 7.99. The van der Waals surface area contributed by atoms with Gasteiger partial charge in [0, 0.05) is 49.4 Å². The van der Waals surface area contributed by atoms with Gasteiger partial charge in [0.25, 0.3) is 6.01 Å². The van der Waals surface area contributed by atoms with Crippen molar-refractivity contribution in [2.75, 3.05) is 45.3 Å². The molecule has 0 radical (unpaired) electrons. The lowest BCUT2D eigenvalue weighted by atomic mass is 10.2. The Bertz CT molecular complexity index is 1190. The van der Waals surface area contributed by atoms with Crippen molar-refractivity contribution >= 4 is 29.5 Å². The molecule has 0 spiro atoms. The highest BCUT2D eigenvalue weighted by Gasteiger charge is 2.17. The molecule has 1 aliphatic heterocycles. The van der Waals surface area contributed by atoms with Crippen LogP contribution in [0, 0.1) is 19.7 Å². The maximum Gasteiger partial charge on any atom is 0.300 e. The summed E-state index contributed by atoms with van der Waals surface area (Å²) in [5, 5.41) is 3.77. The quantitative estimate of drug-likeness (QED) is 0.420. The van der Waals surface area contributed by atoms with E-state index < -0.39 is 0 Å². The first-order valence-corrected chi connectivity index (χ1v) is 10.7. The summed E-state index contributed by atoms with van der Waals surface area (Å²) < 4.78 is 25.6. The van der Waals surface area contributed by atoms with Crippen LogP contribution in [0.4, 0.5) is 10.4 Å². The molecule has 4 rings (SSSR count). The van der Waals surface area contributed by atoms with Gasteiger partial charge in [0.15, 0.2) is 12.5 Å². The van der Waals surface area contributed by atoms with Crippen LogP contribution in [-0.2, 0) is 0 Å². The maximum atomic E-state index is 14.4. The normalized spacial score (nSPS) is 15.8. The zero-order valence-electron chi connectivity index (χ0n) is 19.1. The number of nitrogens with zero attached hydrogens (tertiary/aromatic N) is 5. The zero-order valence-corrected chi connectivity index (χ0v) is 19.1. The number of anilines is 1. The molecule has 9 nitrogen and oxygen atoms in total. The monoisotopic (exact) mass is 453 g/mol. The first kappa shape index (κ1) is 22.5. The molecule has 1 saturated heterocycles. The Labute approximate surface area is 191 Å². The smallest absolute Gasteiger partial charge is 0.300 e. The molecule has 0 saturated carbocycles. The number of fused-ring (bicyclic) bond motifs is 1. The van der Waals surface area contributed by atoms with Gasteiger partial charge in [-0.3, -0.25) is 5.32 Å². The zero-order chi connectivity index (χ0) is 23.4. The van der Waals surface area contributed by atoms with Crippen molar-refractivity contribution in [2.45, 2.75) is 13.8 Å². The number of nitrogens with one attached hydrogen (secondary N) is 2. The Balaban J connectivity index is 1.54. The van der Waals surface area contributed by atoms with Crippen LogP contribution < -0.4 is 10.1 Å². The SMILES string of the molecule is C=N/C(=C\C(=N/COc1cc(F)c2[nH]c(C)cc2c1)N1CCN(C)CC1)Nc1ncc(C)o1. The fourth-order valence-corrected chi connectivity index (χ4v) is 3.61. The van der Waals surface area contributed by atoms with E-state index in [2.05, 4.69) is 48.8 Å². The third-order valence-electron chi connectivity index (χ3n) is 5.37. The fourth-order valence-electron chi connectivity index (χ4n) is 3.61. The average molecular weight is 454 g/mol. The molecule has 3 heterocycles. The van der Waals surface area contributed by atoms with Crippen LogP contribution in [0.25, 0.3) is 10.9 Å². The summed E-state index contributed by atoms with van der Waals surface area (Å²) in [6.45, 7) is 10.8. The highest BCUT2D eigenvalue weighted by Crippen LogP contribution is 2.25. The van der Waals surface area contributed by atoms with Crippen LogP contribution in [0.3, 0.4) is 0 Å². The summed E-state index contributed by atoms with van der Waals surface area (Å²) in [4.78, 5) is 20.2. The van der Waals surface area contributed by atoms with E-state index in [0.717, 1.165) is 37.3 Å². The Morgan fingerprint density at radius 3 is 2.79 bits per heavy atom. The number of piperazine rings is 1. The predicted octanol–water partition coefficient (Wildman–Crippen LogP) is 3.55. The van der Waals surface area contributed by atoms with Gasteiger partial charge in [0.1, 0.15) is 23.2 Å². The highest BCUT2D eigenvalue weighted by molar-refractivity contribution is 5.94. The topological polar surface area (TPSA) is 94.3 Å². The van der Waals surface area contributed by atoms with Gasteiger partial charge in [-0.15, -0.1) is 0 Å². The Hall–Kier alpha value is -3.66.